The summed E-state index contributed by atoms with van der Waals surface area (Å²) >= 11 is 0. The molecule has 6 heteroatoms. The lowest BCUT2D eigenvalue weighted by Gasteiger charge is -2.34. The molecule has 30 heavy (non-hydrogen) atoms. The van der Waals surface area contributed by atoms with Crippen LogP contribution in [0.1, 0.15) is 66.4 Å². The zero-order chi connectivity index (χ0) is 22.3. The Hall–Kier alpha value is -2.31. The van der Waals surface area contributed by atoms with E-state index < -0.39 is 5.79 Å². The number of rotatable bonds is 10. The van der Waals surface area contributed by atoms with Crippen molar-refractivity contribution in [1.82, 2.24) is 15.3 Å². The number of amides is 1. The first-order valence-electron chi connectivity index (χ1n) is 10.7. The van der Waals surface area contributed by atoms with Crippen molar-refractivity contribution in [2.45, 2.75) is 60.7 Å². The summed E-state index contributed by atoms with van der Waals surface area (Å²) in [5, 5.41) is 3.01. The zero-order valence-corrected chi connectivity index (χ0v) is 19.3. The molecule has 0 aliphatic carbocycles. The van der Waals surface area contributed by atoms with Crippen LogP contribution < -0.4 is 5.32 Å². The molecule has 1 amide bonds. The number of aryl methyl sites for hydroxylation is 3. The molecule has 0 bridgehead atoms. The monoisotopic (exact) mass is 413 g/mol. The van der Waals surface area contributed by atoms with Crippen LogP contribution in [0.2, 0.25) is 0 Å². The van der Waals surface area contributed by atoms with Gasteiger partial charge in [0.2, 0.25) is 5.79 Å². The van der Waals surface area contributed by atoms with Crippen molar-refractivity contribution in [3.63, 3.8) is 0 Å². The van der Waals surface area contributed by atoms with Gasteiger partial charge in [0.1, 0.15) is 0 Å². The van der Waals surface area contributed by atoms with E-state index in [9.17, 15) is 4.79 Å². The van der Waals surface area contributed by atoms with Crippen LogP contribution in [-0.2, 0) is 21.7 Å². The molecule has 2 heterocycles. The highest BCUT2D eigenvalue weighted by Crippen LogP contribution is 2.29. The number of aromatic nitrogens is 2. The van der Waals surface area contributed by atoms with E-state index in [1.807, 2.05) is 46.8 Å². The van der Waals surface area contributed by atoms with E-state index >= 15 is 0 Å². The highest BCUT2D eigenvalue weighted by atomic mass is 16.7. The summed E-state index contributed by atoms with van der Waals surface area (Å²) < 4.78 is 12.3. The minimum absolute atomic E-state index is 0.180. The smallest absolute Gasteiger partial charge is 0.251 e. The third kappa shape index (κ3) is 6.34. The van der Waals surface area contributed by atoms with Gasteiger partial charge < -0.3 is 14.8 Å². The summed E-state index contributed by atoms with van der Waals surface area (Å²) in [6.45, 7) is 15.0. The number of hydrogen-bond donors (Lipinski definition) is 1. The van der Waals surface area contributed by atoms with E-state index in [4.69, 9.17) is 9.47 Å². The molecular formula is C24H35N3O3. The molecule has 0 fully saturated rings. The molecule has 2 rings (SSSR count). The first kappa shape index (κ1) is 24.0. The van der Waals surface area contributed by atoms with Gasteiger partial charge in [-0.3, -0.25) is 14.8 Å². The van der Waals surface area contributed by atoms with E-state index in [0.29, 0.717) is 24.7 Å². The fraction of sp³-hybridized carbons (Fsp3) is 0.542. The number of ether oxygens (including phenoxy) is 2. The highest BCUT2D eigenvalue weighted by molar-refractivity contribution is 5.94. The maximum absolute atomic E-state index is 12.9. The molecule has 1 N–H and O–H groups in total. The van der Waals surface area contributed by atoms with Gasteiger partial charge >= 0.3 is 0 Å². The molecular weight excluding hydrogens is 378 g/mol. The van der Waals surface area contributed by atoms with E-state index in [0.717, 1.165) is 34.8 Å². The summed E-state index contributed by atoms with van der Waals surface area (Å²) in [4.78, 5) is 21.9. The topological polar surface area (TPSA) is 73.3 Å². The second-order valence-corrected chi connectivity index (χ2v) is 8.03. The molecule has 0 aromatic carbocycles. The van der Waals surface area contributed by atoms with Crippen LogP contribution >= 0.6 is 0 Å². The average molecular weight is 414 g/mol. The maximum Gasteiger partial charge on any atom is 0.251 e. The second kappa shape index (κ2) is 10.6. The van der Waals surface area contributed by atoms with Crippen molar-refractivity contribution in [3.05, 3.63) is 58.2 Å². The summed E-state index contributed by atoms with van der Waals surface area (Å²) in [6.07, 6.45) is 0.866. The first-order chi connectivity index (χ1) is 14.2. The molecule has 0 saturated heterocycles. The molecule has 2 aromatic heterocycles. The van der Waals surface area contributed by atoms with Gasteiger partial charge in [0, 0.05) is 47.1 Å². The Balaban J connectivity index is 2.37. The number of nitrogens with zero attached hydrogens (tertiary/aromatic N) is 2. The van der Waals surface area contributed by atoms with Gasteiger partial charge in [-0.1, -0.05) is 13.8 Å². The standard InChI is InChI=1S/C24H35N3O3/c1-8-29-24(30-9-2,21-13-19(7)27-22(14-21)10-16(3)4)15-25-23(28)20-11-17(5)26-18(6)12-20/h11-14,16H,8-10,15H2,1-7H3,(H,25,28). The van der Waals surface area contributed by atoms with Gasteiger partial charge in [-0.2, -0.15) is 0 Å². The molecule has 0 unspecified atom stereocenters. The Morgan fingerprint density at radius 3 is 2.07 bits per heavy atom. The fourth-order valence-electron chi connectivity index (χ4n) is 3.62. The lowest BCUT2D eigenvalue weighted by Crippen LogP contribution is -2.45. The largest absolute Gasteiger partial charge is 0.346 e. The lowest BCUT2D eigenvalue weighted by atomic mass is 10.00. The van der Waals surface area contributed by atoms with Gasteiger partial charge in [-0.25, -0.2) is 0 Å². The zero-order valence-electron chi connectivity index (χ0n) is 19.3. The molecule has 0 aliphatic rings. The third-order valence-corrected chi connectivity index (χ3v) is 4.64. The van der Waals surface area contributed by atoms with Gasteiger partial charge in [-0.15, -0.1) is 0 Å². The number of hydrogen-bond acceptors (Lipinski definition) is 5. The summed E-state index contributed by atoms with van der Waals surface area (Å²) in [5.74, 6) is -0.769. The number of nitrogens with one attached hydrogen (secondary N) is 1. The first-order valence-corrected chi connectivity index (χ1v) is 10.7. The van der Waals surface area contributed by atoms with Crippen LogP contribution in [-0.4, -0.2) is 35.6 Å². The summed E-state index contributed by atoms with van der Waals surface area (Å²) in [5.41, 5.74) is 4.97. The van der Waals surface area contributed by atoms with Crippen molar-refractivity contribution < 1.29 is 14.3 Å². The molecule has 6 nitrogen and oxygen atoms in total. The second-order valence-electron chi connectivity index (χ2n) is 8.03. The molecule has 0 radical (unpaired) electrons. The van der Waals surface area contributed by atoms with Crippen molar-refractivity contribution >= 4 is 5.91 Å². The van der Waals surface area contributed by atoms with E-state index in [1.165, 1.54) is 0 Å². The average Bonchev–Trinajstić information content (AvgIpc) is 2.64. The highest BCUT2D eigenvalue weighted by Gasteiger charge is 2.35. The number of carbonyl (C=O) groups is 1. The fourth-order valence-corrected chi connectivity index (χ4v) is 3.62. The Kier molecular flexibility index (Phi) is 8.50. The van der Waals surface area contributed by atoms with Crippen molar-refractivity contribution in [2.24, 2.45) is 5.92 Å². The third-order valence-electron chi connectivity index (χ3n) is 4.64. The van der Waals surface area contributed by atoms with Crippen LogP contribution in [0.4, 0.5) is 0 Å². The van der Waals surface area contributed by atoms with E-state index in [1.54, 1.807) is 12.1 Å². The normalized spacial score (nSPS) is 11.7. The predicted octanol–water partition coefficient (Wildman–Crippen LogP) is 4.26. The van der Waals surface area contributed by atoms with Crippen molar-refractivity contribution in [1.29, 1.82) is 0 Å². The van der Waals surface area contributed by atoms with Gasteiger partial charge in [0.05, 0.1) is 6.54 Å². The Morgan fingerprint density at radius 1 is 0.967 bits per heavy atom. The minimum Gasteiger partial charge on any atom is -0.346 e. The quantitative estimate of drug-likeness (QED) is 0.589. The number of carbonyl (C=O) groups excluding carboxylic acids is 1. The van der Waals surface area contributed by atoms with E-state index in [2.05, 4.69) is 29.1 Å². The minimum atomic E-state index is -1.07. The molecule has 2 aromatic rings. The van der Waals surface area contributed by atoms with Crippen molar-refractivity contribution in [2.75, 3.05) is 19.8 Å². The Labute approximate surface area is 180 Å². The lowest BCUT2D eigenvalue weighted by molar-refractivity contribution is -0.238. The Bertz CT molecular complexity index is 839. The number of pyridine rings is 2. The van der Waals surface area contributed by atoms with Crippen molar-refractivity contribution in [3.8, 4) is 0 Å². The van der Waals surface area contributed by atoms with Crippen LogP contribution in [0.5, 0.6) is 0 Å². The van der Waals surface area contributed by atoms with Gasteiger partial charge in [0.15, 0.2) is 0 Å². The van der Waals surface area contributed by atoms with Gasteiger partial charge in [-0.05, 0) is 71.2 Å². The molecule has 0 saturated carbocycles. The molecule has 0 spiro atoms. The van der Waals surface area contributed by atoms with Gasteiger partial charge in [0.25, 0.3) is 5.91 Å². The molecule has 0 aliphatic heterocycles. The Morgan fingerprint density at radius 2 is 1.53 bits per heavy atom. The predicted molar refractivity (Wildman–Crippen MR) is 118 cm³/mol. The molecule has 164 valence electrons. The maximum atomic E-state index is 12.9. The summed E-state index contributed by atoms with van der Waals surface area (Å²) in [6, 6.07) is 7.57. The van der Waals surface area contributed by atoms with Crippen LogP contribution in [0, 0.1) is 26.7 Å². The SMILES string of the molecule is CCOC(CNC(=O)c1cc(C)nc(C)c1)(OCC)c1cc(C)nc(CC(C)C)c1. The van der Waals surface area contributed by atoms with E-state index in [-0.39, 0.29) is 12.5 Å². The molecule has 0 atom stereocenters. The van der Waals surface area contributed by atoms with Crippen LogP contribution in [0.15, 0.2) is 24.3 Å². The van der Waals surface area contributed by atoms with Crippen LogP contribution in [0.25, 0.3) is 0 Å². The summed E-state index contributed by atoms with van der Waals surface area (Å²) in [7, 11) is 0. The van der Waals surface area contributed by atoms with Crippen LogP contribution in [0.3, 0.4) is 0 Å².